The molecular weight excluding hydrogens is 180 g/mol. The Labute approximate surface area is 85.3 Å². The number of likely N-dealkylation sites (tertiary alicyclic amines) is 1. The van der Waals surface area contributed by atoms with Crippen molar-refractivity contribution in [1.29, 1.82) is 0 Å². The molecule has 0 bridgehead atoms. The van der Waals surface area contributed by atoms with E-state index in [0.717, 1.165) is 19.5 Å². The number of carbonyl (C=O) groups excluding carboxylic acids is 1. The second-order valence-electron chi connectivity index (χ2n) is 4.29. The monoisotopic (exact) mass is 200 g/mol. The zero-order valence-corrected chi connectivity index (χ0v) is 8.99. The van der Waals surface area contributed by atoms with E-state index in [9.17, 15) is 4.79 Å². The van der Waals surface area contributed by atoms with Crippen molar-refractivity contribution in [2.45, 2.75) is 26.3 Å². The Balaban J connectivity index is 2.22. The van der Waals surface area contributed by atoms with Gasteiger partial charge in [0, 0.05) is 19.2 Å². The van der Waals surface area contributed by atoms with Gasteiger partial charge in [-0.15, -0.1) is 0 Å². The average molecular weight is 200 g/mol. The minimum Gasteiger partial charge on any atom is -0.396 e. The van der Waals surface area contributed by atoms with Crippen molar-refractivity contribution in [3.05, 3.63) is 0 Å². The normalized spacial score (nSPS) is 23.0. The lowest BCUT2D eigenvalue weighted by Crippen LogP contribution is -2.39. The third kappa shape index (κ3) is 3.64. The zero-order chi connectivity index (χ0) is 10.6. The molecule has 0 aromatic heterocycles. The van der Waals surface area contributed by atoms with E-state index >= 15 is 0 Å². The van der Waals surface area contributed by atoms with Gasteiger partial charge in [-0.1, -0.05) is 0 Å². The third-order valence-corrected chi connectivity index (χ3v) is 2.45. The van der Waals surface area contributed by atoms with Crippen molar-refractivity contribution < 1.29 is 9.90 Å². The van der Waals surface area contributed by atoms with E-state index in [0.29, 0.717) is 12.5 Å². The minimum atomic E-state index is 0.0820. The molecule has 1 saturated heterocycles. The lowest BCUT2D eigenvalue weighted by molar-refractivity contribution is -0.122. The highest BCUT2D eigenvalue weighted by Gasteiger charge is 2.23. The van der Waals surface area contributed by atoms with E-state index in [1.807, 2.05) is 13.8 Å². The molecule has 82 valence electrons. The molecular formula is C10H20N2O2. The van der Waals surface area contributed by atoms with Gasteiger partial charge in [0.2, 0.25) is 5.91 Å². The Morgan fingerprint density at radius 3 is 2.86 bits per heavy atom. The van der Waals surface area contributed by atoms with Gasteiger partial charge in [-0.2, -0.15) is 0 Å². The molecule has 0 spiro atoms. The molecule has 0 unspecified atom stereocenters. The molecule has 2 N–H and O–H groups in total. The highest BCUT2D eigenvalue weighted by atomic mass is 16.3. The van der Waals surface area contributed by atoms with E-state index in [-0.39, 0.29) is 18.6 Å². The number of aliphatic hydroxyl groups excluding tert-OH is 1. The summed E-state index contributed by atoms with van der Waals surface area (Å²) in [6.45, 7) is 6.40. The molecule has 0 aliphatic carbocycles. The fraction of sp³-hybridized carbons (Fsp3) is 0.900. The van der Waals surface area contributed by atoms with Gasteiger partial charge in [0.05, 0.1) is 6.54 Å². The Kier molecular flexibility index (Phi) is 4.35. The molecule has 0 aromatic rings. The lowest BCUT2D eigenvalue weighted by atomic mass is 10.1. The molecule has 0 saturated carbocycles. The average Bonchev–Trinajstić information content (AvgIpc) is 2.50. The molecule has 14 heavy (non-hydrogen) atoms. The fourth-order valence-corrected chi connectivity index (χ4v) is 1.78. The van der Waals surface area contributed by atoms with Gasteiger partial charge in [-0.3, -0.25) is 9.69 Å². The van der Waals surface area contributed by atoms with Gasteiger partial charge in [0.15, 0.2) is 0 Å². The molecule has 1 fully saturated rings. The second-order valence-corrected chi connectivity index (χ2v) is 4.29. The summed E-state index contributed by atoms with van der Waals surface area (Å²) in [6.07, 6.45) is 1.01. The van der Waals surface area contributed by atoms with Crippen LogP contribution in [-0.4, -0.2) is 48.2 Å². The van der Waals surface area contributed by atoms with E-state index < -0.39 is 0 Å². The van der Waals surface area contributed by atoms with Gasteiger partial charge >= 0.3 is 0 Å². The largest absolute Gasteiger partial charge is 0.396 e. The standard InChI is InChI=1S/C10H20N2O2/c1-8(2)11-10(14)6-12-4-3-9(5-12)7-13/h8-9,13H,3-7H2,1-2H3,(H,11,14)/t9-/m0/s1. The summed E-state index contributed by atoms with van der Waals surface area (Å²) in [5.41, 5.74) is 0. The Bertz CT molecular complexity index is 195. The van der Waals surface area contributed by atoms with Crippen molar-refractivity contribution in [2.24, 2.45) is 5.92 Å². The molecule has 1 aliphatic rings. The number of rotatable bonds is 4. The summed E-state index contributed by atoms with van der Waals surface area (Å²) in [5, 5.41) is 11.8. The van der Waals surface area contributed by atoms with Crippen molar-refractivity contribution >= 4 is 5.91 Å². The number of nitrogens with one attached hydrogen (secondary N) is 1. The van der Waals surface area contributed by atoms with Crippen LogP contribution in [0.2, 0.25) is 0 Å². The Morgan fingerprint density at radius 1 is 1.64 bits per heavy atom. The minimum absolute atomic E-state index is 0.0820. The molecule has 1 aliphatic heterocycles. The van der Waals surface area contributed by atoms with E-state index in [2.05, 4.69) is 10.2 Å². The summed E-state index contributed by atoms with van der Waals surface area (Å²) in [4.78, 5) is 13.5. The van der Waals surface area contributed by atoms with Gasteiger partial charge in [-0.05, 0) is 32.7 Å². The third-order valence-electron chi connectivity index (χ3n) is 2.45. The molecule has 1 amide bonds. The van der Waals surface area contributed by atoms with Crippen LogP contribution in [0, 0.1) is 5.92 Å². The van der Waals surface area contributed by atoms with Crippen LogP contribution in [-0.2, 0) is 4.79 Å². The number of aliphatic hydroxyl groups is 1. The number of carbonyl (C=O) groups is 1. The maximum absolute atomic E-state index is 11.4. The molecule has 1 rings (SSSR count). The van der Waals surface area contributed by atoms with Crippen molar-refractivity contribution in [2.75, 3.05) is 26.2 Å². The predicted octanol–water partition coefficient (Wildman–Crippen LogP) is -0.175. The highest BCUT2D eigenvalue weighted by molar-refractivity contribution is 5.78. The van der Waals surface area contributed by atoms with Gasteiger partial charge in [0.25, 0.3) is 0 Å². The van der Waals surface area contributed by atoms with Crippen LogP contribution in [0.1, 0.15) is 20.3 Å². The topological polar surface area (TPSA) is 52.6 Å². The molecule has 1 atom stereocenters. The highest BCUT2D eigenvalue weighted by Crippen LogP contribution is 2.14. The first-order chi connectivity index (χ1) is 6.61. The van der Waals surface area contributed by atoms with Crippen molar-refractivity contribution in [3.8, 4) is 0 Å². The summed E-state index contributed by atoms with van der Waals surface area (Å²) < 4.78 is 0. The number of nitrogens with zero attached hydrogens (tertiary/aromatic N) is 1. The lowest BCUT2D eigenvalue weighted by Gasteiger charge is -2.16. The molecule has 4 nitrogen and oxygen atoms in total. The van der Waals surface area contributed by atoms with Crippen LogP contribution in [0.15, 0.2) is 0 Å². The molecule has 0 aromatic carbocycles. The van der Waals surface area contributed by atoms with E-state index in [4.69, 9.17) is 5.11 Å². The summed E-state index contributed by atoms with van der Waals surface area (Å²) in [7, 11) is 0. The van der Waals surface area contributed by atoms with Crippen LogP contribution >= 0.6 is 0 Å². The number of hydrogen-bond acceptors (Lipinski definition) is 3. The maximum Gasteiger partial charge on any atom is 0.234 e. The van der Waals surface area contributed by atoms with Crippen LogP contribution in [0.25, 0.3) is 0 Å². The Hall–Kier alpha value is -0.610. The Morgan fingerprint density at radius 2 is 2.36 bits per heavy atom. The smallest absolute Gasteiger partial charge is 0.234 e. The first-order valence-electron chi connectivity index (χ1n) is 5.24. The van der Waals surface area contributed by atoms with Crippen LogP contribution in [0.5, 0.6) is 0 Å². The van der Waals surface area contributed by atoms with Gasteiger partial charge in [-0.25, -0.2) is 0 Å². The quantitative estimate of drug-likeness (QED) is 0.662. The van der Waals surface area contributed by atoms with Gasteiger partial charge in [0.1, 0.15) is 0 Å². The summed E-state index contributed by atoms with van der Waals surface area (Å²) in [5.74, 6) is 0.445. The summed E-state index contributed by atoms with van der Waals surface area (Å²) >= 11 is 0. The molecule has 4 heteroatoms. The van der Waals surface area contributed by atoms with E-state index in [1.54, 1.807) is 0 Å². The fourth-order valence-electron chi connectivity index (χ4n) is 1.78. The van der Waals surface area contributed by atoms with Crippen molar-refractivity contribution in [3.63, 3.8) is 0 Å². The zero-order valence-electron chi connectivity index (χ0n) is 8.99. The SMILES string of the molecule is CC(C)NC(=O)CN1CC[C@H](CO)C1. The maximum atomic E-state index is 11.4. The van der Waals surface area contributed by atoms with Gasteiger partial charge < -0.3 is 10.4 Å². The number of hydrogen-bond donors (Lipinski definition) is 2. The van der Waals surface area contributed by atoms with Crippen molar-refractivity contribution in [1.82, 2.24) is 10.2 Å². The number of amides is 1. The van der Waals surface area contributed by atoms with Crippen LogP contribution in [0.3, 0.4) is 0 Å². The molecule has 1 heterocycles. The van der Waals surface area contributed by atoms with Crippen LogP contribution in [0.4, 0.5) is 0 Å². The van der Waals surface area contributed by atoms with E-state index in [1.165, 1.54) is 0 Å². The predicted molar refractivity (Wildman–Crippen MR) is 54.9 cm³/mol. The second kappa shape index (κ2) is 5.32. The molecule has 0 radical (unpaired) electrons. The summed E-state index contributed by atoms with van der Waals surface area (Å²) in [6, 6.07) is 0.207. The first-order valence-corrected chi connectivity index (χ1v) is 5.24. The van der Waals surface area contributed by atoms with Crippen LogP contribution < -0.4 is 5.32 Å². The first kappa shape index (κ1) is 11.5.